The fraction of sp³-hybridized carbons (Fsp3) is 0.417. The van der Waals surface area contributed by atoms with Crippen molar-refractivity contribution in [2.45, 2.75) is 25.9 Å². The van der Waals surface area contributed by atoms with Crippen molar-refractivity contribution >= 4 is 6.29 Å². The molecule has 94 valence electrons. The highest BCUT2D eigenvalue weighted by molar-refractivity contribution is 5.80. The third kappa shape index (κ3) is 4.46. The van der Waals surface area contributed by atoms with Crippen molar-refractivity contribution in [3.05, 3.63) is 29.3 Å². The molecule has 0 amide bonds. The van der Waals surface area contributed by atoms with Crippen LogP contribution in [0.25, 0.3) is 0 Å². The molecule has 0 N–H and O–H groups in total. The lowest BCUT2D eigenvalue weighted by atomic mass is 10.1. The summed E-state index contributed by atoms with van der Waals surface area (Å²) in [6, 6.07) is 5.01. The highest BCUT2D eigenvalue weighted by Gasteiger charge is 2.26. The predicted molar refractivity (Wildman–Crippen MR) is 57.4 cm³/mol. The number of alkyl halides is 3. The van der Waals surface area contributed by atoms with Gasteiger partial charge >= 0.3 is 6.18 Å². The van der Waals surface area contributed by atoms with Gasteiger partial charge in [0.05, 0.1) is 12.2 Å². The van der Waals surface area contributed by atoms with Gasteiger partial charge in [0.1, 0.15) is 5.75 Å². The van der Waals surface area contributed by atoms with Crippen LogP contribution in [0.4, 0.5) is 13.2 Å². The number of benzene rings is 1. The lowest BCUT2D eigenvalue weighted by Gasteiger charge is -2.11. The third-order valence-electron chi connectivity index (χ3n) is 2.22. The molecule has 0 aliphatic carbocycles. The summed E-state index contributed by atoms with van der Waals surface area (Å²) < 4.78 is 40.9. The van der Waals surface area contributed by atoms with Crippen LogP contribution >= 0.6 is 0 Å². The summed E-state index contributed by atoms with van der Waals surface area (Å²) in [7, 11) is 0. The van der Waals surface area contributed by atoms with Crippen LogP contribution in [0.5, 0.6) is 5.75 Å². The number of rotatable bonds is 5. The van der Waals surface area contributed by atoms with E-state index in [1.165, 1.54) is 0 Å². The Balaban J connectivity index is 2.54. The van der Waals surface area contributed by atoms with Crippen molar-refractivity contribution in [1.82, 2.24) is 0 Å². The first kappa shape index (κ1) is 13.5. The molecule has 0 aromatic heterocycles. The second-order valence-corrected chi connectivity index (χ2v) is 3.68. The van der Waals surface area contributed by atoms with E-state index >= 15 is 0 Å². The molecular weight excluding hydrogens is 233 g/mol. The summed E-state index contributed by atoms with van der Waals surface area (Å²) in [5.41, 5.74) is 1.10. The maximum Gasteiger partial charge on any atom is 0.389 e. The summed E-state index contributed by atoms with van der Waals surface area (Å²) in [6.45, 7) is 1.69. The number of ether oxygens (including phenoxy) is 1. The van der Waals surface area contributed by atoms with Gasteiger partial charge in [0.2, 0.25) is 0 Å². The van der Waals surface area contributed by atoms with Crippen molar-refractivity contribution in [1.29, 1.82) is 0 Å². The second kappa shape index (κ2) is 5.70. The van der Waals surface area contributed by atoms with Crippen molar-refractivity contribution in [2.24, 2.45) is 0 Å². The van der Waals surface area contributed by atoms with E-state index in [-0.39, 0.29) is 13.0 Å². The van der Waals surface area contributed by atoms with Crippen LogP contribution < -0.4 is 4.74 Å². The molecule has 0 saturated heterocycles. The Labute approximate surface area is 97.4 Å². The van der Waals surface area contributed by atoms with Gasteiger partial charge < -0.3 is 4.74 Å². The van der Waals surface area contributed by atoms with Gasteiger partial charge in [-0.3, -0.25) is 4.79 Å². The number of carbonyl (C=O) groups is 1. The zero-order valence-electron chi connectivity index (χ0n) is 9.38. The van der Waals surface area contributed by atoms with Gasteiger partial charge in [-0.05, 0) is 25.0 Å². The van der Waals surface area contributed by atoms with Crippen LogP contribution in [0.1, 0.15) is 28.8 Å². The quantitative estimate of drug-likeness (QED) is 0.586. The lowest BCUT2D eigenvalue weighted by molar-refractivity contribution is -0.136. The van der Waals surface area contributed by atoms with Crippen molar-refractivity contribution in [2.75, 3.05) is 6.61 Å². The van der Waals surface area contributed by atoms with Crippen molar-refractivity contribution in [3.63, 3.8) is 0 Å². The Morgan fingerprint density at radius 1 is 1.35 bits per heavy atom. The Hall–Kier alpha value is -1.52. The highest BCUT2D eigenvalue weighted by atomic mass is 19.4. The van der Waals surface area contributed by atoms with E-state index in [0.717, 1.165) is 5.56 Å². The van der Waals surface area contributed by atoms with E-state index in [0.29, 0.717) is 17.6 Å². The van der Waals surface area contributed by atoms with E-state index in [9.17, 15) is 18.0 Å². The Morgan fingerprint density at radius 3 is 2.65 bits per heavy atom. The molecule has 1 aromatic rings. The van der Waals surface area contributed by atoms with E-state index in [4.69, 9.17) is 4.74 Å². The molecule has 1 aromatic carbocycles. The third-order valence-corrected chi connectivity index (χ3v) is 2.22. The summed E-state index contributed by atoms with van der Waals surface area (Å²) in [5.74, 6) is 0.365. The molecule has 0 atom stereocenters. The van der Waals surface area contributed by atoms with Crippen molar-refractivity contribution < 1.29 is 22.7 Å². The minimum absolute atomic E-state index is 0.0504. The van der Waals surface area contributed by atoms with Crippen LogP contribution in [-0.2, 0) is 0 Å². The minimum Gasteiger partial charge on any atom is -0.493 e. The van der Waals surface area contributed by atoms with Gasteiger partial charge in [0.15, 0.2) is 6.29 Å². The molecule has 0 heterocycles. The normalized spacial score (nSPS) is 11.3. The molecule has 17 heavy (non-hydrogen) atoms. The number of para-hydroxylation sites is 1. The molecule has 0 radical (unpaired) electrons. The standard InChI is InChI=1S/C12H13F3O2/c1-9-4-2-5-10(8-16)11(9)17-7-3-6-12(13,14)15/h2,4-5,8H,3,6-7H2,1H3. The van der Waals surface area contributed by atoms with Crippen LogP contribution in [0.3, 0.4) is 0 Å². The van der Waals surface area contributed by atoms with E-state index < -0.39 is 12.6 Å². The maximum absolute atomic E-state index is 11.9. The van der Waals surface area contributed by atoms with Gasteiger partial charge in [0, 0.05) is 6.42 Å². The second-order valence-electron chi connectivity index (χ2n) is 3.68. The number of halogens is 3. The monoisotopic (exact) mass is 246 g/mol. The van der Waals surface area contributed by atoms with Gasteiger partial charge in [-0.15, -0.1) is 0 Å². The summed E-state index contributed by atoms with van der Waals surface area (Å²) in [6.07, 6.45) is -4.53. The zero-order chi connectivity index (χ0) is 12.9. The van der Waals surface area contributed by atoms with E-state index in [1.807, 2.05) is 0 Å². The molecule has 2 nitrogen and oxygen atoms in total. The van der Waals surface area contributed by atoms with E-state index in [2.05, 4.69) is 0 Å². The van der Waals surface area contributed by atoms with E-state index in [1.54, 1.807) is 25.1 Å². The molecule has 0 bridgehead atoms. The number of aryl methyl sites for hydroxylation is 1. The lowest BCUT2D eigenvalue weighted by Crippen LogP contribution is -2.10. The molecule has 0 unspecified atom stereocenters. The molecule has 0 aliphatic rings. The van der Waals surface area contributed by atoms with Gasteiger partial charge in [-0.25, -0.2) is 0 Å². The van der Waals surface area contributed by atoms with Crippen LogP contribution in [0, 0.1) is 6.92 Å². The van der Waals surface area contributed by atoms with Crippen LogP contribution in [-0.4, -0.2) is 19.1 Å². The largest absolute Gasteiger partial charge is 0.493 e. The van der Waals surface area contributed by atoms with Crippen LogP contribution in [0.15, 0.2) is 18.2 Å². The Kier molecular flexibility index (Phi) is 4.54. The molecule has 0 fully saturated rings. The number of carbonyl (C=O) groups excluding carboxylic acids is 1. The number of hydrogen-bond acceptors (Lipinski definition) is 2. The maximum atomic E-state index is 11.9. The summed E-state index contributed by atoms with van der Waals surface area (Å²) in [5, 5.41) is 0. The molecule has 0 aliphatic heterocycles. The van der Waals surface area contributed by atoms with Gasteiger partial charge in [-0.1, -0.05) is 12.1 Å². The first-order chi connectivity index (χ1) is 7.94. The Morgan fingerprint density at radius 2 is 2.06 bits per heavy atom. The fourth-order valence-electron chi connectivity index (χ4n) is 1.41. The SMILES string of the molecule is Cc1cccc(C=O)c1OCCCC(F)(F)F. The molecule has 5 heteroatoms. The highest BCUT2D eigenvalue weighted by Crippen LogP contribution is 2.24. The predicted octanol–water partition coefficient (Wildman–Crippen LogP) is 3.53. The average molecular weight is 246 g/mol. The van der Waals surface area contributed by atoms with Crippen LogP contribution in [0.2, 0.25) is 0 Å². The average Bonchev–Trinajstić information content (AvgIpc) is 2.24. The number of hydrogen-bond donors (Lipinski definition) is 0. The van der Waals surface area contributed by atoms with Gasteiger partial charge in [-0.2, -0.15) is 13.2 Å². The summed E-state index contributed by atoms with van der Waals surface area (Å²) >= 11 is 0. The molecule has 0 saturated carbocycles. The molecule has 1 rings (SSSR count). The molecule has 0 spiro atoms. The van der Waals surface area contributed by atoms with Crippen molar-refractivity contribution in [3.8, 4) is 5.75 Å². The van der Waals surface area contributed by atoms with Gasteiger partial charge in [0.25, 0.3) is 0 Å². The minimum atomic E-state index is -4.16. The first-order valence-corrected chi connectivity index (χ1v) is 5.18. The first-order valence-electron chi connectivity index (χ1n) is 5.18. The number of aldehydes is 1. The summed E-state index contributed by atoms with van der Waals surface area (Å²) in [4.78, 5) is 10.7. The zero-order valence-corrected chi connectivity index (χ0v) is 9.38. The molecular formula is C12H13F3O2. The smallest absolute Gasteiger partial charge is 0.389 e. The fourth-order valence-corrected chi connectivity index (χ4v) is 1.41. The Bertz CT molecular complexity index is 386. The topological polar surface area (TPSA) is 26.3 Å².